The van der Waals surface area contributed by atoms with Crippen LogP contribution >= 0.6 is 0 Å². The van der Waals surface area contributed by atoms with Gasteiger partial charge in [0.05, 0.1) is 11.1 Å². The van der Waals surface area contributed by atoms with Crippen LogP contribution in [-0.2, 0) is 12.4 Å². The highest BCUT2D eigenvalue weighted by Crippen LogP contribution is 2.41. The van der Waals surface area contributed by atoms with Gasteiger partial charge in [-0.1, -0.05) is 0 Å². The molecule has 0 N–H and O–H groups in total. The van der Waals surface area contributed by atoms with Crippen molar-refractivity contribution >= 4 is 0 Å². The number of rotatable bonds is 3. The van der Waals surface area contributed by atoms with E-state index in [9.17, 15) is 26.3 Å². The molecule has 0 bridgehead atoms. The maximum absolute atomic E-state index is 13.3. The fourth-order valence-electron chi connectivity index (χ4n) is 3.39. The zero-order valence-electron chi connectivity index (χ0n) is 16.6. The molecule has 4 rings (SSSR count). The quantitative estimate of drug-likeness (QED) is 0.306. The second kappa shape index (κ2) is 7.54. The summed E-state index contributed by atoms with van der Waals surface area (Å²) in [6, 6.07) is 6.79. The molecular formula is C22H14F6N2O2. The van der Waals surface area contributed by atoms with Gasteiger partial charge >= 0.3 is 12.4 Å². The maximum Gasteiger partial charge on any atom is 0.416 e. The van der Waals surface area contributed by atoms with Crippen LogP contribution in [0.25, 0.3) is 34.0 Å². The van der Waals surface area contributed by atoms with E-state index >= 15 is 0 Å². The lowest BCUT2D eigenvalue weighted by molar-refractivity contribution is -0.138. The van der Waals surface area contributed by atoms with E-state index in [1.54, 1.807) is 0 Å². The van der Waals surface area contributed by atoms with E-state index < -0.39 is 23.5 Å². The van der Waals surface area contributed by atoms with E-state index in [1.165, 1.54) is 26.0 Å². The van der Waals surface area contributed by atoms with Crippen molar-refractivity contribution in [3.05, 3.63) is 71.4 Å². The van der Waals surface area contributed by atoms with Crippen LogP contribution in [0.2, 0.25) is 0 Å². The first-order valence-corrected chi connectivity index (χ1v) is 9.19. The largest absolute Gasteiger partial charge is 0.439 e. The van der Waals surface area contributed by atoms with Crippen LogP contribution in [0, 0.1) is 13.8 Å². The summed E-state index contributed by atoms with van der Waals surface area (Å²) < 4.78 is 90.3. The Morgan fingerprint density at radius 1 is 0.594 bits per heavy atom. The highest BCUT2D eigenvalue weighted by molar-refractivity contribution is 5.83. The van der Waals surface area contributed by atoms with Crippen molar-refractivity contribution in [3.63, 3.8) is 0 Å². The molecule has 0 aliphatic heterocycles. The first-order chi connectivity index (χ1) is 14.9. The van der Waals surface area contributed by atoms with E-state index in [0.717, 1.165) is 37.1 Å². The fourth-order valence-corrected chi connectivity index (χ4v) is 3.39. The van der Waals surface area contributed by atoms with Gasteiger partial charge in [-0.3, -0.25) is 0 Å². The van der Waals surface area contributed by atoms with Crippen LogP contribution in [0.15, 0.2) is 58.0 Å². The molecule has 0 aliphatic rings. The minimum absolute atomic E-state index is 0.0425. The minimum Gasteiger partial charge on any atom is -0.439 e. The summed E-state index contributed by atoms with van der Waals surface area (Å²) >= 11 is 0. The van der Waals surface area contributed by atoms with Crippen LogP contribution in [0.4, 0.5) is 26.3 Å². The SMILES string of the molecule is Cc1cc(-c2ncoc2-c2ocnc2-c2cc(C)cc(C(F)(F)F)c2)cc(C(F)(F)F)c1. The predicted molar refractivity (Wildman–Crippen MR) is 102 cm³/mol. The molecule has 2 heterocycles. The zero-order valence-corrected chi connectivity index (χ0v) is 16.6. The second-order valence-electron chi connectivity index (χ2n) is 7.23. The van der Waals surface area contributed by atoms with Crippen LogP contribution in [-0.4, -0.2) is 9.97 Å². The smallest absolute Gasteiger partial charge is 0.416 e. The van der Waals surface area contributed by atoms with Crippen LogP contribution in [0.1, 0.15) is 22.3 Å². The Morgan fingerprint density at radius 3 is 1.31 bits per heavy atom. The van der Waals surface area contributed by atoms with Gasteiger partial charge in [0.15, 0.2) is 24.3 Å². The van der Waals surface area contributed by atoms with Crippen molar-refractivity contribution in [2.24, 2.45) is 0 Å². The third-order valence-corrected chi connectivity index (χ3v) is 4.70. The van der Waals surface area contributed by atoms with Gasteiger partial charge in [-0.05, 0) is 61.4 Å². The molecule has 4 aromatic rings. The van der Waals surface area contributed by atoms with Gasteiger partial charge in [0.25, 0.3) is 0 Å². The average Bonchev–Trinajstić information content (AvgIpc) is 3.34. The van der Waals surface area contributed by atoms with E-state index in [4.69, 9.17) is 8.83 Å². The summed E-state index contributed by atoms with van der Waals surface area (Å²) in [6.07, 6.45) is -7.11. The van der Waals surface area contributed by atoms with Crippen LogP contribution in [0.5, 0.6) is 0 Å². The molecule has 0 fully saturated rings. The van der Waals surface area contributed by atoms with E-state index in [-0.39, 0.29) is 34.0 Å². The Labute approximate surface area is 177 Å². The second-order valence-corrected chi connectivity index (χ2v) is 7.23. The average molecular weight is 452 g/mol. The molecule has 0 amide bonds. The fraction of sp³-hybridized carbons (Fsp3) is 0.182. The van der Waals surface area contributed by atoms with Crippen LogP contribution in [0.3, 0.4) is 0 Å². The number of oxazole rings is 2. The van der Waals surface area contributed by atoms with Gasteiger partial charge in [0, 0.05) is 11.1 Å². The number of hydrogen-bond acceptors (Lipinski definition) is 4. The predicted octanol–water partition coefficient (Wildman–Crippen LogP) is 7.32. The van der Waals surface area contributed by atoms with Gasteiger partial charge in [0.1, 0.15) is 11.4 Å². The molecule has 0 unspecified atom stereocenters. The Kier molecular flexibility index (Phi) is 5.10. The Balaban J connectivity index is 1.85. The molecule has 166 valence electrons. The first-order valence-electron chi connectivity index (χ1n) is 9.19. The third kappa shape index (κ3) is 4.12. The standard InChI is InChI=1S/C22H14F6N2O2/c1-11-3-13(7-15(5-11)21(23,24)25)17-19(31-9-29-17)20-18(30-10-32-20)14-4-12(2)6-16(8-14)22(26,27)28/h3-10H,1-2H3. The summed E-state index contributed by atoms with van der Waals surface area (Å²) in [6.45, 7) is 3.01. The Morgan fingerprint density at radius 2 is 0.969 bits per heavy atom. The molecule has 0 radical (unpaired) electrons. The van der Waals surface area contributed by atoms with Crippen LogP contribution < -0.4 is 0 Å². The summed E-state index contributed by atoms with van der Waals surface area (Å²) in [5, 5.41) is 0. The Hall–Kier alpha value is -3.56. The normalized spacial score (nSPS) is 12.4. The van der Waals surface area contributed by atoms with Crippen molar-refractivity contribution in [1.29, 1.82) is 0 Å². The summed E-state index contributed by atoms with van der Waals surface area (Å²) in [5.74, 6) is -0.0995. The lowest BCUT2D eigenvalue weighted by Gasteiger charge is -2.11. The first kappa shape index (κ1) is 21.7. The third-order valence-electron chi connectivity index (χ3n) is 4.70. The van der Waals surface area contributed by atoms with E-state index in [2.05, 4.69) is 9.97 Å². The number of aromatic nitrogens is 2. The minimum atomic E-state index is -4.57. The van der Waals surface area contributed by atoms with Crippen molar-refractivity contribution in [2.75, 3.05) is 0 Å². The molecule has 10 heteroatoms. The molecular weight excluding hydrogens is 438 g/mol. The number of halogens is 6. The summed E-state index contributed by atoms with van der Waals surface area (Å²) in [4.78, 5) is 8.03. The molecule has 2 aromatic heterocycles. The Bertz CT molecular complexity index is 1180. The summed E-state index contributed by atoms with van der Waals surface area (Å²) in [5.41, 5.74) is -0.736. The van der Waals surface area contributed by atoms with Crippen molar-refractivity contribution in [3.8, 4) is 34.0 Å². The van der Waals surface area contributed by atoms with Gasteiger partial charge in [-0.15, -0.1) is 0 Å². The lowest BCUT2D eigenvalue weighted by atomic mass is 10.00. The highest BCUT2D eigenvalue weighted by Gasteiger charge is 2.33. The van der Waals surface area contributed by atoms with Gasteiger partial charge in [0.2, 0.25) is 0 Å². The molecule has 0 saturated heterocycles. The molecule has 32 heavy (non-hydrogen) atoms. The van der Waals surface area contributed by atoms with Gasteiger partial charge in [-0.2, -0.15) is 26.3 Å². The van der Waals surface area contributed by atoms with Gasteiger partial charge < -0.3 is 8.83 Å². The highest BCUT2D eigenvalue weighted by atomic mass is 19.4. The molecule has 0 saturated carbocycles. The molecule has 4 nitrogen and oxygen atoms in total. The monoisotopic (exact) mass is 452 g/mol. The van der Waals surface area contributed by atoms with Crippen molar-refractivity contribution < 1.29 is 35.2 Å². The molecule has 0 atom stereocenters. The van der Waals surface area contributed by atoms with Crippen molar-refractivity contribution in [2.45, 2.75) is 26.2 Å². The number of nitrogens with zero attached hydrogens (tertiary/aromatic N) is 2. The molecule has 0 aliphatic carbocycles. The number of hydrogen-bond donors (Lipinski definition) is 0. The zero-order chi connectivity index (χ0) is 23.3. The molecule has 2 aromatic carbocycles. The lowest BCUT2D eigenvalue weighted by Crippen LogP contribution is -2.05. The maximum atomic E-state index is 13.3. The number of alkyl halides is 6. The van der Waals surface area contributed by atoms with Gasteiger partial charge in [-0.25, -0.2) is 9.97 Å². The van der Waals surface area contributed by atoms with E-state index in [1.807, 2.05) is 0 Å². The number of benzene rings is 2. The topological polar surface area (TPSA) is 52.1 Å². The summed E-state index contributed by atoms with van der Waals surface area (Å²) in [7, 11) is 0. The van der Waals surface area contributed by atoms with E-state index in [0.29, 0.717) is 11.1 Å². The number of aryl methyl sites for hydroxylation is 2. The van der Waals surface area contributed by atoms with Crippen molar-refractivity contribution in [1.82, 2.24) is 9.97 Å². The molecule has 0 spiro atoms.